The molecule has 0 aliphatic heterocycles. The summed E-state index contributed by atoms with van der Waals surface area (Å²) in [5.41, 5.74) is 1.06. The Morgan fingerprint density at radius 3 is 1.06 bits per heavy atom. The van der Waals surface area contributed by atoms with Crippen LogP contribution in [0.3, 0.4) is 0 Å². The molecule has 0 amide bonds. The molecule has 1 aliphatic carbocycles. The monoisotopic (exact) mass is 224 g/mol. The maximum Gasteiger partial charge on any atom is -0.0380 e. The summed E-state index contributed by atoms with van der Waals surface area (Å²) in [6.07, 6.45) is 8.79. The van der Waals surface area contributed by atoms with Crippen LogP contribution in [0.25, 0.3) is 0 Å². The maximum atomic E-state index is 2.38. The molecule has 0 heteroatoms. The molecule has 0 spiro atoms. The van der Waals surface area contributed by atoms with Crippen LogP contribution in [0.5, 0.6) is 0 Å². The van der Waals surface area contributed by atoms with Gasteiger partial charge in [0.15, 0.2) is 0 Å². The van der Waals surface area contributed by atoms with Gasteiger partial charge in [0.2, 0.25) is 0 Å². The third-order valence-corrected chi connectivity index (χ3v) is 3.77. The van der Waals surface area contributed by atoms with Crippen molar-refractivity contribution in [3.05, 3.63) is 0 Å². The molecule has 0 atom stereocenters. The van der Waals surface area contributed by atoms with Crippen molar-refractivity contribution < 1.29 is 0 Å². The summed E-state index contributed by atoms with van der Waals surface area (Å²) in [6.45, 7) is 14.3. The van der Waals surface area contributed by atoms with Gasteiger partial charge in [-0.05, 0) is 35.5 Å². The summed E-state index contributed by atoms with van der Waals surface area (Å²) >= 11 is 0. The van der Waals surface area contributed by atoms with Crippen molar-refractivity contribution in [3.63, 3.8) is 0 Å². The third-order valence-electron chi connectivity index (χ3n) is 3.77. The number of hydrogen-bond donors (Lipinski definition) is 0. The van der Waals surface area contributed by atoms with Crippen molar-refractivity contribution in [2.45, 2.75) is 80.1 Å². The van der Waals surface area contributed by atoms with Crippen LogP contribution in [-0.2, 0) is 0 Å². The van der Waals surface area contributed by atoms with E-state index in [0.717, 1.165) is 11.8 Å². The molecule has 0 radical (unpaired) electrons. The van der Waals surface area contributed by atoms with Crippen molar-refractivity contribution in [3.8, 4) is 0 Å². The maximum absolute atomic E-state index is 2.38. The highest BCUT2D eigenvalue weighted by atomic mass is 14.3. The SMILES string of the molecule is CC(C)(C)CC1CCC(CC(C)(C)C)CC1. The molecule has 96 valence electrons. The highest BCUT2D eigenvalue weighted by Gasteiger charge is 2.27. The molecule has 0 unspecified atom stereocenters. The molecule has 0 aromatic carbocycles. The fourth-order valence-corrected chi connectivity index (χ4v) is 3.37. The smallest absolute Gasteiger partial charge is 0.0380 e. The van der Waals surface area contributed by atoms with E-state index in [0.29, 0.717) is 10.8 Å². The van der Waals surface area contributed by atoms with Crippen molar-refractivity contribution >= 4 is 0 Å². The molecule has 0 heterocycles. The van der Waals surface area contributed by atoms with Crippen LogP contribution in [0, 0.1) is 22.7 Å². The predicted octanol–water partition coefficient (Wildman–Crippen LogP) is 5.67. The zero-order valence-corrected chi connectivity index (χ0v) is 12.4. The normalized spacial score (nSPS) is 28.1. The van der Waals surface area contributed by atoms with Gasteiger partial charge in [0.1, 0.15) is 0 Å². The van der Waals surface area contributed by atoms with Crippen LogP contribution >= 0.6 is 0 Å². The van der Waals surface area contributed by atoms with Crippen LogP contribution in [0.4, 0.5) is 0 Å². The van der Waals surface area contributed by atoms with Crippen molar-refractivity contribution in [1.82, 2.24) is 0 Å². The number of hydrogen-bond acceptors (Lipinski definition) is 0. The van der Waals surface area contributed by atoms with Crippen LogP contribution < -0.4 is 0 Å². The Kier molecular flexibility index (Phi) is 4.49. The van der Waals surface area contributed by atoms with E-state index in [1.165, 1.54) is 38.5 Å². The van der Waals surface area contributed by atoms with E-state index in [1.807, 2.05) is 0 Å². The van der Waals surface area contributed by atoms with Crippen molar-refractivity contribution in [2.75, 3.05) is 0 Å². The molecule has 1 aliphatic rings. The Hall–Kier alpha value is 0. The molecule has 1 saturated carbocycles. The van der Waals surface area contributed by atoms with Gasteiger partial charge in [0.05, 0.1) is 0 Å². The zero-order chi connectivity index (χ0) is 12.4. The first-order valence-corrected chi connectivity index (χ1v) is 7.16. The summed E-state index contributed by atoms with van der Waals surface area (Å²) in [5, 5.41) is 0. The van der Waals surface area contributed by atoms with Crippen molar-refractivity contribution in [1.29, 1.82) is 0 Å². The Balaban J connectivity index is 2.29. The fourth-order valence-electron chi connectivity index (χ4n) is 3.37. The highest BCUT2D eigenvalue weighted by molar-refractivity contribution is 4.79. The van der Waals surface area contributed by atoms with E-state index in [9.17, 15) is 0 Å². The molecular weight excluding hydrogens is 192 g/mol. The standard InChI is InChI=1S/C16H32/c1-15(2,3)11-13-7-9-14(10-8-13)12-16(4,5)6/h13-14H,7-12H2,1-6H3. The van der Waals surface area contributed by atoms with Gasteiger partial charge >= 0.3 is 0 Å². The topological polar surface area (TPSA) is 0 Å². The Bertz CT molecular complexity index is 169. The molecule has 16 heavy (non-hydrogen) atoms. The zero-order valence-electron chi connectivity index (χ0n) is 12.4. The first-order chi connectivity index (χ1) is 7.16. The van der Waals surface area contributed by atoms with E-state index < -0.39 is 0 Å². The molecular formula is C16H32. The summed E-state index contributed by atoms with van der Waals surface area (Å²) in [7, 11) is 0. The van der Waals surface area contributed by atoms with Crippen LogP contribution in [0.2, 0.25) is 0 Å². The van der Waals surface area contributed by atoms with Crippen molar-refractivity contribution in [2.24, 2.45) is 22.7 Å². The Morgan fingerprint density at radius 1 is 0.625 bits per heavy atom. The molecule has 1 fully saturated rings. The lowest BCUT2D eigenvalue weighted by atomic mass is 9.71. The second kappa shape index (κ2) is 5.10. The minimum absolute atomic E-state index is 0.529. The summed E-state index contributed by atoms with van der Waals surface area (Å²) in [4.78, 5) is 0. The molecule has 0 nitrogen and oxygen atoms in total. The average molecular weight is 224 g/mol. The molecule has 0 aromatic heterocycles. The number of rotatable bonds is 2. The lowest BCUT2D eigenvalue weighted by Crippen LogP contribution is -2.22. The van der Waals surface area contributed by atoms with E-state index in [4.69, 9.17) is 0 Å². The van der Waals surface area contributed by atoms with Gasteiger partial charge in [0.25, 0.3) is 0 Å². The van der Waals surface area contributed by atoms with Gasteiger partial charge in [-0.3, -0.25) is 0 Å². The van der Waals surface area contributed by atoms with Gasteiger partial charge in [-0.2, -0.15) is 0 Å². The first-order valence-electron chi connectivity index (χ1n) is 7.16. The molecule has 0 N–H and O–H groups in total. The summed E-state index contributed by atoms with van der Waals surface area (Å²) < 4.78 is 0. The first kappa shape index (κ1) is 14.1. The van der Waals surface area contributed by atoms with Gasteiger partial charge in [0, 0.05) is 0 Å². The second-order valence-electron chi connectivity index (χ2n) is 8.42. The van der Waals surface area contributed by atoms with Gasteiger partial charge in [-0.25, -0.2) is 0 Å². The summed E-state index contributed by atoms with van der Waals surface area (Å²) in [6, 6.07) is 0. The van der Waals surface area contributed by atoms with Crippen LogP contribution in [-0.4, -0.2) is 0 Å². The Morgan fingerprint density at radius 2 is 0.875 bits per heavy atom. The largest absolute Gasteiger partial charge is 0.0602 e. The van der Waals surface area contributed by atoms with E-state index >= 15 is 0 Å². The van der Waals surface area contributed by atoms with Gasteiger partial charge in [-0.15, -0.1) is 0 Å². The fraction of sp³-hybridized carbons (Fsp3) is 1.00. The lowest BCUT2D eigenvalue weighted by molar-refractivity contribution is 0.171. The molecule has 0 bridgehead atoms. The van der Waals surface area contributed by atoms with Gasteiger partial charge < -0.3 is 0 Å². The van der Waals surface area contributed by atoms with E-state index in [2.05, 4.69) is 41.5 Å². The third kappa shape index (κ3) is 5.92. The quantitative estimate of drug-likeness (QED) is 0.567. The minimum Gasteiger partial charge on any atom is -0.0602 e. The molecule has 0 saturated heterocycles. The molecule has 0 aromatic rings. The second-order valence-corrected chi connectivity index (χ2v) is 8.42. The minimum atomic E-state index is 0.529. The van der Waals surface area contributed by atoms with Crippen LogP contribution in [0.15, 0.2) is 0 Å². The Labute approximate surface area is 103 Å². The predicted molar refractivity (Wildman–Crippen MR) is 73.6 cm³/mol. The lowest BCUT2D eigenvalue weighted by Gasteiger charge is -2.35. The highest BCUT2D eigenvalue weighted by Crippen LogP contribution is 2.40. The van der Waals surface area contributed by atoms with E-state index in [-0.39, 0.29) is 0 Å². The van der Waals surface area contributed by atoms with Gasteiger partial charge in [-0.1, -0.05) is 67.2 Å². The van der Waals surface area contributed by atoms with E-state index in [1.54, 1.807) is 0 Å². The average Bonchev–Trinajstić information content (AvgIpc) is 2.03. The molecule has 1 rings (SSSR count). The van der Waals surface area contributed by atoms with Crippen LogP contribution in [0.1, 0.15) is 80.1 Å². The summed E-state index contributed by atoms with van der Waals surface area (Å²) in [5.74, 6) is 2.02.